The minimum atomic E-state index is 0.254. The first-order chi connectivity index (χ1) is 16.3. The molecule has 4 rings (SSSR count). The van der Waals surface area contributed by atoms with Gasteiger partial charge in [-0.15, -0.1) is 0 Å². The normalized spacial score (nSPS) is 13.6. The van der Waals surface area contributed by atoms with E-state index in [1.165, 1.54) is 12.8 Å². The van der Waals surface area contributed by atoms with Crippen LogP contribution in [0.4, 0.5) is 11.4 Å². The molecule has 0 unspecified atom stereocenters. The molecule has 6 nitrogen and oxygen atoms in total. The van der Waals surface area contributed by atoms with Crippen LogP contribution in [0.25, 0.3) is 0 Å². The molecule has 0 radical (unpaired) electrons. The highest BCUT2D eigenvalue weighted by Gasteiger charge is 2.20. The number of ether oxygens (including phenoxy) is 4. The van der Waals surface area contributed by atoms with Gasteiger partial charge in [0.05, 0.1) is 19.8 Å². The standard InChI is InChI=1S/C27H32N2O4/c1-30-16-17-32-24-12-9-22(10-13-24)29(20-21-6-5-15-28-19-21)23-11-14-26(31-2)27(18-23)33-25-7-3-4-8-25/h5-6,9-15,18-19,25H,3-4,7-8,16-17,20H2,1-2H3. The Morgan fingerprint density at radius 3 is 2.39 bits per heavy atom. The number of nitrogens with zero attached hydrogens (tertiary/aromatic N) is 2. The van der Waals surface area contributed by atoms with E-state index in [2.05, 4.69) is 40.2 Å². The minimum absolute atomic E-state index is 0.254. The van der Waals surface area contributed by atoms with Gasteiger partial charge in [0, 0.05) is 43.5 Å². The van der Waals surface area contributed by atoms with Gasteiger partial charge in [0.1, 0.15) is 12.4 Å². The third-order valence-corrected chi connectivity index (χ3v) is 5.82. The fourth-order valence-corrected chi connectivity index (χ4v) is 4.08. The molecule has 33 heavy (non-hydrogen) atoms. The van der Waals surface area contributed by atoms with E-state index in [4.69, 9.17) is 18.9 Å². The summed E-state index contributed by atoms with van der Waals surface area (Å²) in [5, 5.41) is 0. The van der Waals surface area contributed by atoms with Gasteiger partial charge in [-0.05, 0) is 73.7 Å². The molecule has 1 aliphatic carbocycles. The molecular formula is C27H32N2O4. The Kier molecular flexibility index (Phi) is 8.04. The molecule has 1 aliphatic rings. The molecule has 1 fully saturated rings. The molecule has 0 spiro atoms. The van der Waals surface area contributed by atoms with Crippen molar-refractivity contribution in [3.8, 4) is 17.2 Å². The van der Waals surface area contributed by atoms with E-state index in [1.807, 2.05) is 30.5 Å². The van der Waals surface area contributed by atoms with Gasteiger partial charge in [-0.3, -0.25) is 4.98 Å². The Balaban J connectivity index is 1.63. The number of aromatic nitrogens is 1. The second-order valence-corrected chi connectivity index (χ2v) is 8.14. The van der Waals surface area contributed by atoms with Crippen LogP contribution < -0.4 is 19.1 Å². The van der Waals surface area contributed by atoms with Gasteiger partial charge < -0.3 is 23.8 Å². The highest BCUT2D eigenvalue weighted by atomic mass is 16.5. The number of hydrogen-bond donors (Lipinski definition) is 0. The number of pyridine rings is 1. The highest BCUT2D eigenvalue weighted by molar-refractivity contribution is 5.67. The summed E-state index contributed by atoms with van der Waals surface area (Å²) in [6.07, 6.45) is 8.58. The third-order valence-electron chi connectivity index (χ3n) is 5.82. The van der Waals surface area contributed by atoms with Crippen molar-refractivity contribution in [1.82, 2.24) is 4.98 Å². The molecule has 0 atom stereocenters. The minimum Gasteiger partial charge on any atom is -0.493 e. The number of benzene rings is 2. The molecule has 0 bridgehead atoms. The van der Waals surface area contributed by atoms with E-state index in [-0.39, 0.29) is 6.10 Å². The van der Waals surface area contributed by atoms with Crippen LogP contribution in [-0.4, -0.2) is 38.5 Å². The summed E-state index contributed by atoms with van der Waals surface area (Å²) in [6, 6.07) is 18.3. The highest BCUT2D eigenvalue weighted by Crippen LogP contribution is 2.38. The molecule has 0 saturated heterocycles. The monoisotopic (exact) mass is 448 g/mol. The van der Waals surface area contributed by atoms with E-state index in [9.17, 15) is 0 Å². The lowest BCUT2D eigenvalue weighted by Crippen LogP contribution is -2.17. The van der Waals surface area contributed by atoms with E-state index in [0.29, 0.717) is 19.8 Å². The first kappa shape index (κ1) is 22.9. The van der Waals surface area contributed by atoms with Gasteiger partial charge in [-0.1, -0.05) is 6.07 Å². The van der Waals surface area contributed by atoms with Crippen molar-refractivity contribution in [2.24, 2.45) is 0 Å². The number of hydrogen-bond acceptors (Lipinski definition) is 6. The maximum absolute atomic E-state index is 6.35. The molecule has 1 saturated carbocycles. The van der Waals surface area contributed by atoms with Gasteiger partial charge in [0.2, 0.25) is 0 Å². The van der Waals surface area contributed by atoms with Crippen molar-refractivity contribution < 1.29 is 18.9 Å². The zero-order valence-electron chi connectivity index (χ0n) is 19.4. The Bertz CT molecular complexity index is 989. The fourth-order valence-electron chi connectivity index (χ4n) is 4.08. The zero-order chi connectivity index (χ0) is 22.9. The van der Waals surface area contributed by atoms with Crippen LogP contribution in [0.2, 0.25) is 0 Å². The SMILES string of the molecule is COCCOc1ccc(N(Cc2cccnc2)c2ccc(OC)c(OC3CCCC3)c2)cc1. The van der Waals surface area contributed by atoms with Crippen LogP contribution in [0.5, 0.6) is 17.2 Å². The van der Waals surface area contributed by atoms with E-state index < -0.39 is 0 Å². The Hall–Kier alpha value is -3.25. The van der Waals surface area contributed by atoms with Crippen molar-refractivity contribution in [3.05, 3.63) is 72.6 Å². The zero-order valence-corrected chi connectivity index (χ0v) is 19.4. The Labute approximate surface area is 196 Å². The lowest BCUT2D eigenvalue weighted by atomic mass is 10.1. The summed E-state index contributed by atoms with van der Waals surface area (Å²) < 4.78 is 22.8. The lowest BCUT2D eigenvalue weighted by molar-refractivity contribution is 0.146. The first-order valence-corrected chi connectivity index (χ1v) is 11.5. The predicted octanol–water partition coefficient (Wildman–Crippen LogP) is 5.78. The summed E-state index contributed by atoms with van der Waals surface area (Å²) in [5.74, 6) is 2.36. The van der Waals surface area contributed by atoms with Crippen LogP contribution in [0.15, 0.2) is 67.0 Å². The van der Waals surface area contributed by atoms with Crippen LogP contribution >= 0.6 is 0 Å². The van der Waals surface area contributed by atoms with Crippen LogP contribution in [0, 0.1) is 0 Å². The Morgan fingerprint density at radius 1 is 0.909 bits per heavy atom. The quantitative estimate of drug-likeness (QED) is 0.347. The number of anilines is 2. The van der Waals surface area contributed by atoms with Crippen molar-refractivity contribution in [3.63, 3.8) is 0 Å². The molecule has 1 heterocycles. The summed E-state index contributed by atoms with van der Waals surface area (Å²) in [4.78, 5) is 6.54. The molecule has 1 aromatic heterocycles. The second kappa shape index (κ2) is 11.6. The van der Waals surface area contributed by atoms with E-state index >= 15 is 0 Å². The smallest absolute Gasteiger partial charge is 0.163 e. The van der Waals surface area contributed by atoms with E-state index in [0.717, 1.165) is 47.0 Å². The summed E-state index contributed by atoms with van der Waals surface area (Å²) in [6.45, 7) is 1.76. The Morgan fingerprint density at radius 2 is 1.70 bits per heavy atom. The maximum atomic E-state index is 6.35. The molecule has 0 aliphatic heterocycles. The lowest BCUT2D eigenvalue weighted by Gasteiger charge is -2.27. The number of rotatable bonds is 11. The van der Waals surface area contributed by atoms with Crippen molar-refractivity contribution >= 4 is 11.4 Å². The molecule has 174 valence electrons. The van der Waals surface area contributed by atoms with Gasteiger partial charge >= 0.3 is 0 Å². The average molecular weight is 449 g/mol. The topological polar surface area (TPSA) is 53.1 Å². The summed E-state index contributed by atoms with van der Waals surface area (Å²) in [5.41, 5.74) is 3.20. The van der Waals surface area contributed by atoms with Gasteiger partial charge in [-0.25, -0.2) is 0 Å². The molecule has 0 N–H and O–H groups in total. The van der Waals surface area contributed by atoms with Crippen molar-refractivity contribution in [2.45, 2.75) is 38.3 Å². The molecular weight excluding hydrogens is 416 g/mol. The van der Waals surface area contributed by atoms with Crippen molar-refractivity contribution in [1.29, 1.82) is 0 Å². The molecule has 3 aromatic rings. The van der Waals surface area contributed by atoms with Gasteiger partial charge in [0.25, 0.3) is 0 Å². The first-order valence-electron chi connectivity index (χ1n) is 11.5. The average Bonchev–Trinajstić information content (AvgIpc) is 3.37. The predicted molar refractivity (Wildman–Crippen MR) is 130 cm³/mol. The van der Waals surface area contributed by atoms with Crippen LogP contribution in [0.1, 0.15) is 31.2 Å². The summed E-state index contributed by atoms with van der Waals surface area (Å²) in [7, 11) is 3.36. The van der Waals surface area contributed by atoms with E-state index in [1.54, 1.807) is 20.4 Å². The largest absolute Gasteiger partial charge is 0.493 e. The third kappa shape index (κ3) is 6.17. The summed E-state index contributed by atoms with van der Waals surface area (Å²) >= 11 is 0. The fraction of sp³-hybridized carbons (Fsp3) is 0.370. The molecule has 2 aromatic carbocycles. The van der Waals surface area contributed by atoms with Crippen LogP contribution in [-0.2, 0) is 11.3 Å². The van der Waals surface area contributed by atoms with Gasteiger partial charge in [0.15, 0.2) is 11.5 Å². The van der Waals surface area contributed by atoms with Crippen molar-refractivity contribution in [2.75, 3.05) is 32.3 Å². The maximum Gasteiger partial charge on any atom is 0.163 e. The molecule has 0 amide bonds. The molecule has 6 heteroatoms. The van der Waals surface area contributed by atoms with Gasteiger partial charge in [-0.2, -0.15) is 0 Å². The van der Waals surface area contributed by atoms with Crippen LogP contribution in [0.3, 0.4) is 0 Å². The number of methoxy groups -OCH3 is 2. The second-order valence-electron chi connectivity index (χ2n) is 8.14.